The van der Waals surface area contributed by atoms with Crippen LogP contribution in [0.4, 0.5) is 5.69 Å². The first-order valence-electron chi connectivity index (χ1n) is 10.0. The Kier molecular flexibility index (Phi) is 6.57. The number of piperazine rings is 1. The fraction of sp³-hybridized carbons (Fsp3) is 0.333. The molecule has 32 heavy (non-hydrogen) atoms. The van der Waals surface area contributed by atoms with Crippen LogP contribution in [-0.2, 0) is 14.8 Å². The van der Waals surface area contributed by atoms with Crippen LogP contribution in [0.5, 0.6) is 0 Å². The third-order valence-corrected chi connectivity index (χ3v) is 8.86. The van der Waals surface area contributed by atoms with Gasteiger partial charge in [-0.3, -0.25) is 0 Å². The fourth-order valence-corrected chi connectivity index (χ4v) is 6.50. The predicted molar refractivity (Wildman–Crippen MR) is 123 cm³/mol. The zero-order valence-electron chi connectivity index (χ0n) is 17.6. The van der Waals surface area contributed by atoms with Gasteiger partial charge in [-0.15, -0.1) is 11.3 Å². The summed E-state index contributed by atoms with van der Waals surface area (Å²) in [4.78, 5) is 14.5. The number of esters is 1. The molecule has 0 unspecified atom stereocenters. The first-order valence-corrected chi connectivity index (χ1v) is 12.7. The quantitative estimate of drug-likeness (QED) is 0.476. The van der Waals surface area contributed by atoms with Crippen LogP contribution >= 0.6 is 22.9 Å². The first kappa shape index (κ1) is 22.8. The number of thiophene rings is 1. The summed E-state index contributed by atoms with van der Waals surface area (Å²) in [5, 5.41) is 4.36. The standard InChI is InChI=1S/C21H22ClN3O5S2/c1-3-29-21(26)16-13-18(30-23-16)19-6-7-20(31-19)32(27,28)25-10-8-24(9-11-25)17-12-15(22)5-4-14(17)2/h4-7,12-13H,3,8-11H2,1-2H3. The summed E-state index contributed by atoms with van der Waals surface area (Å²) in [5.74, 6) is -0.263. The van der Waals surface area contributed by atoms with Gasteiger partial charge in [-0.05, 0) is 43.7 Å². The van der Waals surface area contributed by atoms with E-state index in [2.05, 4.69) is 10.1 Å². The molecular weight excluding hydrogens is 474 g/mol. The topological polar surface area (TPSA) is 93.0 Å². The van der Waals surface area contributed by atoms with Crippen molar-refractivity contribution in [2.24, 2.45) is 0 Å². The first-order chi connectivity index (χ1) is 15.3. The summed E-state index contributed by atoms with van der Waals surface area (Å²) in [6, 6.07) is 10.4. The Morgan fingerprint density at radius 2 is 1.94 bits per heavy atom. The lowest BCUT2D eigenvalue weighted by Crippen LogP contribution is -2.48. The number of rotatable bonds is 6. The van der Waals surface area contributed by atoms with Crippen molar-refractivity contribution in [1.29, 1.82) is 0 Å². The number of benzene rings is 1. The molecule has 1 saturated heterocycles. The van der Waals surface area contributed by atoms with Gasteiger partial charge < -0.3 is 14.2 Å². The van der Waals surface area contributed by atoms with Crippen LogP contribution in [-0.4, -0.2) is 56.6 Å². The second kappa shape index (κ2) is 9.22. The molecule has 4 rings (SSSR count). The van der Waals surface area contributed by atoms with Gasteiger partial charge in [0.2, 0.25) is 0 Å². The molecule has 0 atom stereocenters. The van der Waals surface area contributed by atoms with Crippen molar-refractivity contribution < 1.29 is 22.5 Å². The summed E-state index contributed by atoms with van der Waals surface area (Å²) < 4.78 is 38.2. The minimum absolute atomic E-state index is 0.0482. The van der Waals surface area contributed by atoms with Gasteiger partial charge in [0.25, 0.3) is 10.0 Å². The van der Waals surface area contributed by atoms with Crippen LogP contribution in [0.2, 0.25) is 5.02 Å². The Balaban J connectivity index is 1.47. The number of aromatic nitrogens is 1. The van der Waals surface area contributed by atoms with Crippen LogP contribution in [0.3, 0.4) is 0 Å². The zero-order chi connectivity index (χ0) is 22.9. The Morgan fingerprint density at radius 1 is 1.19 bits per heavy atom. The zero-order valence-corrected chi connectivity index (χ0v) is 20.0. The minimum atomic E-state index is -3.65. The number of halogens is 1. The minimum Gasteiger partial charge on any atom is -0.461 e. The van der Waals surface area contributed by atoms with Gasteiger partial charge in [0, 0.05) is 43.0 Å². The van der Waals surface area contributed by atoms with Crippen molar-refractivity contribution in [1.82, 2.24) is 9.46 Å². The molecule has 0 aliphatic carbocycles. The van der Waals surface area contributed by atoms with Crippen LogP contribution in [0.25, 0.3) is 10.6 Å². The second-order valence-electron chi connectivity index (χ2n) is 7.24. The molecule has 0 radical (unpaired) electrons. The molecule has 1 fully saturated rings. The van der Waals surface area contributed by atoms with Crippen molar-refractivity contribution in [3.63, 3.8) is 0 Å². The Bertz CT molecular complexity index is 1230. The number of carbonyl (C=O) groups is 1. The molecule has 1 aliphatic rings. The Labute approximate surface area is 195 Å². The molecule has 0 N–H and O–H groups in total. The third-order valence-electron chi connectivity index (χ3n) is 5.16. The van der Waals surface area contributed by atoms with Gasteiger partial charge in [-0.1, -0.05) is 22.8 Å². The number of hydrogen-bond acceptors (Lipinski definition) is 8. The van der Waals surface area contributed by atoms with E-state index in [9.17, 15) is 13.2 Å². The normalized spacial score (nSPS) is 15.2. The lowest BCUT2D eigenvalue weighted by molar-refractivity contribution is 0.0514. The fourth-order valence-electron chi connectivity index (χ4n) is 3.50. The predicted octanol–water partition coefficient (Wildman–Crippen LogP) is 4.05. The molecular formula is C21H22ClN3O5S2. The van der Waals surface area contributed by atoms with Crippen molar-refractivity contribution in [3.05, 3.63) is 52.7 Å². The summed E-state index contributed by atoms with van der Waals surface area (Å²) in [7, 11) is -3.65. The van der Waals surface area contributed by atoms with E-state index in [1.807, 2.05) is 25.1 Å². The van der Waals surface area contributed by atoms with Gasteiger partial charge >= 0.3 is 5.97 Å². The van der Waals surface area contributed by atoms with E-state index < -0.39 is 16.0 Å². The highest BCUT2D eigenvalue weighted by Gasteiger charge is 2.30. The number of aryl methyl sites for hydroxylation is 1. The highest BCUT2D eigenvalue weighted by molar-refractivity contribution is 7.91. The lowest BCUT2D eigenvalue weighted by atomic mass is 10.1. The molecule has 8 nitrogen and oxygen atoms in total. The van der Waals surface area contributed by atoms with Crippen LogP contribution in [0.15, 0.2) is 45.1 Å². The monoisotopic (exact) mass is 495 g/mol. The largest absolute Gasteiger partial charge is 0.461 e. The van der Waals surface area contributed by atoms with Crippen molar-refractivity contribution >= 4 is 44.6 Å². The van der Waals surface area contributed by atoms with E-state index in [4.69, 9.17) is 20.9 Å². The van der Waals surface area contributed by atoms with E-state index in [0.29, 0.717) is 41.8 Å². The number of carbonyl (C=O) groups excluding carboxylic acids is 1. The van der Waals surface area contributed by atoms with Crippen LogP contribution in [0.1, 0.15) is 23.0 Å². The highest BCUT2D eigenvalue weighted by Crippen LogP contribution is 2.34. The van der Waals surface area contributed by atoms with Crippen molar-refractivity contribution in [2.75, 3.05) is 37.7 Å². The van der Waals surface area contributed by atoms with Gasteiger partial charge in [0.1, 0.15) is 4.21 Å². The van der Waals surface area contributed by atoms with E-state index in [0.717, 1.165) is 22.6 Å². The van der Waals surface area contributed by atoms with E-state index in [-0.39, 0.29) is 16.5 Å². The summed E-state index contributed by atoms with van der Waals surface area (Å²) in [6.07, 6.45) is 0. The molecule has 1 aromatic carbocycles. The van der Waals surface area contributed by atoms with Crippen molar-refractivity contribution in [2.45, 2.75) is 18.1 Å². The lowest BCUT2D eigenvalue weighted by Gasteiger charge is -2.36. The third kappa shape index (κ3) is 4.54. The summed E-state index contributed by atoms with van der Waals surface area (Å²) >= 11 is 7.22. The molecule has 0 bridgehead atoms. The number of anilines is 1. The van der Waals surface area contributed by atoms with Gasteiger partial charge in [0.15, 0.2) is 11.5 Å². The molecule has 3 heterocycles. The molecule has 2 aromatic heterocycles. The molecule has 0 saturated carbocycles. The maximum Gasteiger partial charge on any atom is 0.360 e. The van der Waals surface area contributed by atoms with Gasteiger partial charge in [-0.25, -0.2) is 13.2 Å². The molecule has 0 amide bonds. The Hall–Kier alpha value is -2.40. The molecule has 0 spiro atoms. The second-order valence-corrected chi connectivity index (χ2v) is 10.9. The van der Waals surface area contributed by atoms with E-state index in [1.54, 1.807) is 19.1 Å². The molecule has 11 heteroatoms. The summed E-state index contributed by atoms with van der Waals surface area (Å²) in [6.45, 7) is 5.83. The smallest absolute Gasteiger partial charge is 0.360 e. The molecule has 3 aromatic rings. The maximum absolute atomic E-state index is 13.2. The Morgan fingerprint density at radius 3 is 2.66 bits per heavy atom. The van der Waals surface area contributed by atoms with E-state index in [1.165, 1.54) is 10.4 Å². The SMILES string of the molecule is CCOC(=O)c1cc(-c2ccc(S(=O)(=O)N3CCN(c4cc(Cl)ccc4C)CC3)s2)on1. The van der Waals surface area contributed by atoms with Crippen LogP contribution in [0, 0.1) is 6.92 Å². The molecule has 170 valence electrons. The number of hydrogen-bond donors (Lipinski definition) is 0. The number of sulfonamides is 1. The number of ether oxygens (including phenoxy) is 1. The highest BCUT2D eigenvalue weighted by atomic mass is 35.5. The average Bonchev–Trinajstić information content (AvgIpc) is 3.46. The van der Waals surface area contributed by atoms with Crippen LogP contribution < -0.4 is 4.90 Å². The van der Waals surface area contributed by atoms with Crippen molar-refractivity contribution in [3.8, 4) is 10.6 Å². The van der Waals surface area contributed by atoms with Gasteiger partial charge in [0.05, 0.1) is 11.5 Å². The van der Waals surface area contributed by atoms with E-state index >= 15 is 0 Å². The number of nitrogens with zero attached hydrogens (tertiary/aromatic N) is 3. The average molecular weight is 496 g/mol. The molecule has 1 aliphatic heterocycles. The van der Waals surface area contributed by atoms with Gasteiger partial charge in [-0.2, -0.15) is 4.31 Å². The maximum atomic E-state index is 13.2. The summed E-state index contributed by atoms with van der Waals surface area (Å²) in [5.41, 5.74) is 2.17.